The third kappa shape index (κ3) is 2.70. The van der Waals surface area contributed by atoms with Crippen LogP contribution in [0.15, 0.2) is 24.8 Å². The summed E-state index contributed by atoms with van der Waals surface area (Å²) in [6.07, 6.45) is 8.73. The van der Waals surface area contributed by atoms with Crippen LogP contribution in [0.1, 0.15) is 24.7 Å². The van der Waals surface area contributed by atoms with Crippen molar-refractivity contribution in [3.63, 3.8) is 0 Å². The molecule has 0 radical (unpaired) electrons. The molecule has 5 nitrogen and oxygen atoms in total. The van der Waals surface area contributed by atoms with Gasteiger partial charge in [0.1, 0.15) is 5.82 Å². The summed E-state index contributed by atoms with van der Waals surface area (Å²) in [6.45, 7) is 4.80. The van der Waals surface area contributed by atoms with E-state index in [1.54, 1.807) is 0 Å². The van der Waals surface area contributed by atoms with E-state index in [2.05, 4.69) is 32.0 Å². The predicted octanol–water partition coefficient (Wildman–Crippen LogP) is 1.31. The first-order valence-corrected chi connectivity index (χ1v) is 5.58. The number of aryl methyl sites for hydroxylation is 1. The summed E-state index contributed by atoms with van der Waals surface area (Å²) >= 11 is 0. The van der Waals surface area contributed by atoms with Crippen LogP contribution >= 0.6 is 0 Å². The van der Waals surface area contributed by atoms with Crippen LogP contribution in [0.4, 0.5) is 0 Å². The lowest BCUT2D eigenvalue weighted by Gasteiger charge is -2.06. The minimum Gasteiger partial charge on any atom is -0.334 e. The smallest absolute Gasteiger partial charge is 0.122 e. The number of nitrogens with one attached hydrogen (secondary N) is 2. The zero-order valence-corrected chi connectivity index (χ0v) is 9.48. The summed E-state index contributed by atoms with van der Waals surface area (Å²) in [6, 6.07) is 0. The van der Waals surface area contributed by atoms with Gasteiger partial charge < -0.3 is 9.88 Å². The highest BCUT2D eigenvalue weighted by molar-refractivity contribution is 5.02. The summed E-state index contributed by atoms with van der Waals surface area (Å²) in [5.74, 6) is 1.09. The number of hydrogen-bond donors (Lipinski definition) is 2. The van der Waals surface area contributed by atoms with Gasteiger partial charge in [0.25, 0.3) is 0 Å². The minimum absolute atomic E-state index is 0.790. The lowest BCUT2D eigenvalue weighted by Crippen LogP contribution is -2.16. The van der Waals surface area contributed by atoms with Crippen molar-refractivity contribution in [3.8, 4) is 0 Å². The highest BCUT2D eigenvalue weighted by Crippen LogP contribution is 2.00. The first kappa shape index (κ1) is 10.9. The van der Waals surface area contributed by atoms with E-state index in [9.17, 15) is 0 Å². The number of aromatic amines is 1. The van der Waals surface area contributed by atoms with Crippen molar-refractivity contribution in [1.82, 2.24) is 25.1 Å². The molecule has 2 aromatic heterocycles. The molecular formula is C11H17N5. The summed E-state index contributed by atoms with van der Waals surface area (Å²) in [4.78, 5) is 4.33. The molecule has 16 heavy (non-hydrogen) atoms. The van der Waals surface area contributed by atoms with Crippen molar-refractivity contribution in [2.24, 2.45) is 0 Å². The van der Waals surface area contributed by atoms with Gasteiger partial charge in [0.15, 0.2) is 0 Å². The Balaban J connectivity index is 1.82. The van der Waals surface area contributed by atoms with Gasteiger partial charge >= 0.3 is 0 Å². The first-order valence-electron chi connectivity index (χ1n) is 5.58. The highest BCUT2D eigenvalue weighted by atomic mass is 15.1. The van der Waals surface area contributed by atoms with E-state index in [0.717, 1.165) is 37.4 Å². The fourth-order valence-electron chi connectivity index (χ4n) is 1.64. The first-order chi connectivity index (χ1) is 7.90. The molecule has 0 bridgehead atoms. The Labute approximate surface area is 94.9 Å². The van der Waals surface area contributed by atoms with Gasteiger partial charge in [-0.2, -0.15) is 5.10 Å². The maximum atomic E-state index is 4.33. The molecular weight excluding hydrogens is 202 g/mol. The van der Waals surface area contributed by atoms with E-state index in [1.165, 1.54) is 0 Å². The van der Waals surface area contributed by atoms with E-state index < -0.39 is 0 Å². The highest BCUT2D eigenvalue weighted by Gasteiger charge is 2.01. The zero-order chi connectivity index (χ0) is 11.2. The standard InChI is InChI=1S/C11H17N5/c1-2-4-16-5-3-13-11(16)9-12-6-10-7-14-15-8-10/h3,5,7-8,12H,2,4,6,9H2,1H3,(H,14,15). The quantitative estimate of drug-likeness (QED) is 0.770. The molecule has 0 spiro atoms. The Hall–Kier alpha value is -1.62. The topological polar surface area (TPSA) is 58.5 Å². The molecule has 2 heterocycles. The van der Waals surface area contributed by atoms with Crippen molar-refractivity contribution in [1.29, 1.82) is 0 Å². The Kier molecular flexibility index (Phi) is 3.71. The Morgan fingerprint density at radius 3 is 3.12 bits per heavy atom. The van der Waals surface area contributed by atoms with Crippen LogP contribution in [0.3, 0.4) is 0 Å². The molecule has 2 N–H and O–H groups in total. The van der Waals surface area contributed by atoms with E-state index in [4.69, 9.17) is 0 Å². The lowest BCUT2D eigenvalue weighted by molar-refractivity contribution is 0.588. The number of nitrogens with zero attached hydrogens (tertiary/aromatic N) is 3. The summed E-state index contributed by atoms with van der Waals surface area (Å²) in [5, 5.41) is 10.0. The molecule has 0 saturated carbocycles. The third-order valence-electron chi connectivity index (χ3n) is 2.43. The van der Waals surface area contributed by atoms with E-state index in [1.807, 2.05) is 24.8 Å². The Morgan fingerprint density at radius 2 is 2.38 bits per heavy atom. The van der Waals surface area contributed by atoms with Crippen LogP contribution in [-0.2, 0) is 19.6 Å². The van der Waals surface area contributed by atoms with Gasteiger partial charge in [0, 0.05) is 37.2 Å². The van der Waals surface area contributed by atoms with Crippen molar-refractivity contribution < 1.29 is 0 Å². The number of hydrogen-bond acceptors (Lipinski definition) is 3. The lowest BCUT2D eigenvalue weighted by atomic mass is 10.3. The van der Waals surface area contributed by atoms with Gasteiger partial charge in [-0.15, -0.1) is 0 Å². The van der Waals surface area contributed by atoms with Crippen molar-refractivity contribution in [2.45, 2.75) is 33.0 Å². The van der Waals surface area contributed by atoms with Crippen LogP contribution in [-0.4, -0.2) is 19.7 Å². The van der Waals surface area contributed by atoms with E-state index in [-0.39, 0.29) is 0 Å². The Bertz CT molecular complexity index is 404. The molecule has 5 heteroatoms. The average molecular weight is 219 g/mol. The normalized spacial score (nSPS) is 10.8. The molecule has 0 aliphatic rings. The second-order valence-electron chi connectivity index (χ2n) is 3.75. The molecule has 0 saturated heterocycles. The van der Waals surface area contributed by atoms with E-state index >= 15 is 0 Å². The molecule has 0 unspecified atom stereocenters. The van der Waals surface area contributed by atoms with Gasteiger partial charge in [-0.3, -0.25) is 5.10 Å². The van der Waals surface area contributed by atoms with Crippen LogP contribution in [0.5, 0.6) is 0 Å². The number of H-pyrrole nitrogens is 1. The van der Waals surface area contributed by atoms with Crippen molar-refractivity contribution in [3.05, 3.63) is 36.2 Å². The van der Waals surface area contributed by atoms with E-state index in [0.29, 0.717) is 0 Å². The second-order valence-corrected chi connectivity index (χ2v) is 3.75. The number of aromatic nitrogens is 4. The predicted molar refractivity (Wildman–Crippen MR) is 61.6 cm³/mol. The molecule has 2 rings (SSSR count). The van der Waals surface area contributed by atoms with Gasteiger partial charge in [-0.1, -0.05) is 6.92 Å². The summed E-state index contributed by atoms with van der Waals surface area (Å²) in [7, 11) is 0. The molecule has 86 valence electrons. The van der Waals surface area contributed by atoms with Gasteiger partial charge in [0.05, 0.1) is 12.7 Å². The maximum Gasteiger partial charge on any atom is 0.122 e. The van der Waals surface area contributed by atoms with Gasteiger partial charge in [-0.25, -0.2) is 4.98 Å². The summed E-state index contributed by atoms with van der Waals surface area (Å²) < 4.78 is 2.18. The average Bonchev–Trinajstić information content (AvgIpc) is 2.91. The second kappa shape index (κ2) is 5.46. The maximum absolute atomic E-state index is 4.33. The molecule has 0 aliphatic heterocycles. The number of imidazole rings is 1. The summed E-state index contributed by atoms with van der Waals surface area (Å²) in [5.41, 5.74) is 1.16. The molecule has 0 aliphatic carbocycles. The largest absolute Gasteiger partial charge is 0.334 e. The van der Waals surface area contributed by atoms with Crippen LogP contribution in [0, 0.1) is 0 Å². The Morgan fingerprint density at radius 1 is 1.44 bits per heavy atom. The van der Waals surface area contributed by atoms with Crippen molar-refractivity contribution in [2.75, 3.05) is 0 Å². The third-order valence-corrected chi connectivity index (χ3v) is 2.43. The molecule has 2 aromatic rings. The van der Waals surface area contributed by atoms with Crippen LogP contribution in [0.25, 0.3) is 0 Å². The fraction of sp³-hybridized carbons (Fsp3) is 0.455. The fourth-order valence-corrected chi connectivity index (χ4v) is 1.64. The molecule has 0 fully saturated rings. The van der Waals surface area contributed by atoms with Crippen molar-refractivity contribution >= 4 is 0 Å². The monoisotopic (exact) mass is 219 g/mol. The van der Waals surface area contributed by atoms with Gasteiger partial charge in [-0.05, 0) is 6.42 Å². The molecule has 0 amide bonds. The molecule has 0 aromatic carbocycles. The zero-order valence-electron chi connectivity index (χ0n) is 9.48. The van der Waals surface area contributed by atoms with Gasteiger partial charge in [0.2, 0.25) is 0 Å². The van der Waals surface area contributed by atoms with Crippen LogP contribution < -0.4 is 5.32 Å². The van der Waals surface area contributed by atoms with Crippen LogP contribution in [0.2, 0.25) is 0 Å². The molecule has 0 atom stereocenters. The SMILES string of the molecule is CCCn1ccnc1CNCc1cn[nH]c1. The minimum atomic E-state index is 0.790. The number of rotatable bonds is 6.